The second-order valence-electron chi connectivity index (χ2n) is 6.72. The van der Waals surface area contributed by atoms with E-state index < -0.39 is 10.0 Å². The van der Waals surface area contributed by atoms with Crippen LogP contribution in [0.5, 0.6) is 5.88 Å². The van der Waals surface area contributed by atoms with Crippen LogP contribution in [0.15, 0.2) is 42.9 Å². The summed E-state index contributed by atoms with van der Waals surface area (Å²) in [6.45, 7) is 2.13. The van der Waals surface area contributed by atoms with E-state index in [0.717, 1.165) is 24.0 Å². The lowest BCUT2D eigenvalue weighted by molar-refractivity contribution is 0.402. The Balaban J connectivity index is 1.91. The van der Waals surface area contributed by atoms with Gasteiger partial charge in [-0.05, 0) is 29.4 Å². The average molecular weight is 357 g/mol. The molecule has 0 spiro atoms. The fraction of sp³-hybridized carbons (Fsp3) is 0.333. The van der Waals surface area contributed by atoms with Crippen molar-refractivity contribution >= 4 is 21.1 Å². The molecule has 25 heavy (non-hydrogen) atoms. The predicted octanol–water partition coefficient (Wildman–Crippen LogP) is 2.87. The zero-order chi connectivity index (χ0) is 17.7. The van der Waals surface area contributed by atoms with Gasteiger partial charge in [-0.25, -0.2) is 22.4 Å². The van der Waals surface area contributed by atoms with Crippen molar-refractivity contribution in [1.82, 2.24) is 13.9 Å². The third-order valence-corrected chi connectivity index (χ3v) is 6.43. The maximum absolute atomic E-state index is 13.0. The van der Waals surface area contributed by atoms with Crippen LogP contribution in [0.2, 0.25) is 0 Å². The Kier molecular flexibility index (Phi) is 3.57. The summed E-state index contributed by atoms with van der Waals surface area (Å²) >= 11 is 0. The van der Waals surface area contributed by atoms with Crippen LogP contribution in [0, 0.1) is 0 Å². The van der Waals surface area contributed by atoms with Crippen LogP contribution in [-0.2, 0) is 21.2 Å². The standard InChI is InChI=1S/C18H19N3O3S/c1-18(8-9-18)14-10-21(16-15(14)17(24-2)20-12-19-16)25(22,23)11-13-6-4-3-5-7-13/h3-7,10,12H,8-9,11H2,1-2H3. The van der Waals surface area contributed by atoms with Gasteiger partial charge in [-0.3, -0.25) is 0 Å². The lowest BCUT2D eigenvalue weighted by Gasteiger charge is -2.07. The molecule has 1 aromatic carbocycles. The highest BCUT2D eigenvalue weighted by Gasteiger charge is 2.43. The van der Waals surface area contributed by atoms with Crippen LogP contribution in [0.3, 0.4) is 0 Å². The SMILES string of the molecule is COc1ncnc2c1c(C1(C)CC1)cn2S(=O)(=O)Cc1ccccc1. The Bertz CT molecular complexity index is 1040. The molecule has 130 valence electrons. The van der Waals surface area contributed by atoms with Crippen molar-refractivity contribution in [2.24, 2.45) is 0 Å². The van der Waals surface area contributed by atoms with Crippen molar-refractivity contribution in [2.45, 2.75) is 30.9 Å². The Hall–Kier alpha value is -2.41. The van der Waals surface area contributed by atoms with Gasteiger partial charge in [-0.1, -0.05) is 37.3 Å². The van der Waals surface area contributed by atoms with E-state index in [1.165, 1.54) is 17.4 Å². The normalized spacial score (nSPS) is 16.1. The number of benzene rings is 1. The number of methoxy groups -OCH3 is 1. The van der Waals surface area contributed by atoms with Gasteiger partial charge in [-0.2, -0.15) is 0 Å². The van der Waals surface area contributed by atoms with Gasteiger partial charge < -0.3 is 4.74 Å². The van der Waals surface area contributed by atoms with Gasteiger partial charge in [0.15, 0.2) is 5.65 Å². The van der Waals surface area contributed by atoms with Crippen molar-refractivity contribution in [3.8, 4) is 5.88 Å². The Morgan fingerprint density at radius 1 is 1.20 bits per heavy atom. The van der Waals surface area contributed by atoms with Crippen LogP contribution >= 0.6 is 0 Å². The summed E-state index contributed by atoms with van der Waals surface area (Å²) in [7, 11) is -2.07. The monoisotopic (exact) mass is 357 g/mol. The molecule has 1 fully saturated rings. The summed E-state index contributed by atoms with van der Waals surface area (Å²) in [5, 5.41) is 0.696. The second kappa shape index (κ2) is 5.56. The summed E-state index contributed by atoms with van der Waals surface area (Å²) in [6, 6.07) is 9.15. The van der Waals surface area contributed by atoms with E-state index in [0.29, 0.717) is 16.9 Å². The molecular weight excluding hydrogens is 338 g/mol. The number of hydrogen-bond acceptors (Lipinski definition) is 5. The van der Waals surface area contributed by atoms with Crippen molar-refractivity contribution < 1.29 is 13.2 Å². The molecule has 4 rings (SSSR count). The number of nitrogens with zero attached hydrogens (tertiary/aromatic N) is 3. The first-order valence-electron chi connectivity index (χ1n) is 8.12. The quantitative estimate of drug-likeness (QED) is 0.702. The van der Waals surface area contributed by atoms with E-state index in [1.54, 1.807) is 6.20 Å². The molecule has 0 saturated heterocycles. The molecule has 6 nitrogen and oxygen atoms in total. The number of aromatic nitrogens is 3. The minimum absolute atomic E-state index is 0.0379. The number of ether oxygens (including phenoxy) is 1. The van der Waals surface area contributed by atoms with E-state index in [4.69, 9.17) is 4.74 Å². The van der Waals surface area contributed by atoms with Crippen molar-refractivity contribution in [2.75, 3.05) is 7.11 Å². The minimum Gasteiger partial charge on any atom is -0.480 e. The van der Waals surface area contributed by atoms with E-state index >= 15 is 0 Å². The lowest BCUT2D eigenvalue weighted by Crippen LogP contribution is -2.15. The molecule has 0 radical (unpaired) electrons. The van der Waals surface area contributed by atoms with Gasteiger partial charge in [0.25, 0.3) is 0 Å². The highest BCUT2D eigenvalue weighted by molar-refractivity contribution is 7.89. The summed E-state index contributed by atoms with van der Waals surface area (Å²) in [5.74, 6) is 0.335. The molecule has 0 amide bonds. The van der Waals surface area contributed by atoms with Gasteiger partial charge in [0.1, 0.15) is 6.33 Å². The van der Waals surface area contributed by atoms with Crippen LogP contribution < -0.4 is 4.74 Å². The molecule has 7 heteroatoms. The molecule has 0 unspecified atom stereocenters. The topological polar surface area (TPSA) is 74.1 Å². The summed E-state index contributed by atoms with van der Waals surface area (Å²) in [5.41, 5.74) is 2.02. The van der Waals surface area contributed by atoms with Gasteiger partial charge in [0.05, 0.1) is 18.2 Å². The molecule has 1 aliphatic rings. The first-order chi connectivity index (χ1) is 11.9. The van der Waals surface area contributed by atoms with Gasteiger partial charge in [-0.15, -0.1) is 0 Å². The van der Waals surface area contributed by atoms with Crippen molar-refractivity contribution in [3.63, 3.8) is 0 Å². The predicted molar refractivity (Wildman–Crippen MR) is 95.1 cm³/mol. The third kappa shape index (κ3) is 2.68. The van der Waals surface area contributed by atoms with Crippen molar-refractivity contribution in [3.05, 3.63) is 54.0 Å². The summed E-state index contributed by atoms with van der Waals surface area (Å²) in [4.78, 5) is 8.42. The van der Waals surface area contributed by atoms with E-state index in [9.17, 15) is 8.42 Å². The Labute approximate surface area is 146 Å². The number of hydrogen-bond donors (Lipinski definition) is 0. The molecular formula is C18H19N3O3S. The first kappa shape index (κ1) is 16.1. The molecule has 1 saturated carbocycles. The Morgan fingerprint density at radius 2 is 1.92 bits per heavy atom. The molecule has 2 heterocycles. The van der Waals surface area contributed by atoms with Crippen LogP contribution in [0.1, 0.15) is 30.9 Å². The molecule has 0 aliphatic heterocycles. The fourth-order valence-corrected chi connectivity index (χ4v) is 4.56. The molecule has 0 atom stereocenters. The smallest absolute Gasteiger partial charge is 0.244 e. The maximum atomic E-state index is 13.0. The molecule has 0 N–H and O–H groups in total. The van der Waals surface area contributed by atoms with Gasteiger partial charge in [0.2, 0.25) is 15.9 Å². The highest BCUT2D eigenvalue weighted by atomic mass is 32.2. The third-order valence-electron chi connectivity index (χ3n) is 4.85. The molecule has 0 bridgehead atoms. The average Bonchev–Trinajstić information content (AvgIpc) is 3.20. The summed E-state index contributed by atoms with van der Waals surface area (Å²) < 4.78 is 32.7. The van der Waals surface area contributed by atoms with E-state index in [-0.39, 0.29) is 11.2 Å². The number of rotatable bonds is 5. The highest BCUT2D eigenvalue weighted by Crippen LogP contribution is 2.51. The number of fused-ring (bicyclic) bond motifs is 1. The largest absolute Gasteiger partial charge is 0.480 e. The van der Waals surface area contributed by atoms with E-state index in [2.05, 4.69) is 16.9 Å². The zero-order valence-corrected chi connectivity index (χ0v) is 15.0. The van der Waals surface area contributed by atoms with Crippen LogP contribution in [-0.4, -0.2) is 29.5 Å². The summed E-state index contributed by atoms with van der Waals surface area (Å²) in [6.07, 6.45) is 5.08. The molecule has 1 aliphatic carbocycles. The lowest BCUT2D eigenvalue weighted by atomic mass is 9.99. The van der Waals surface area contributed by atoms with Crippen LogP contribution in [0.25, 0.3) is 11.0 Å². The fourth-order valence-electron chi connectivity index (χ4n) is 3.14. The molecule has 2 aromatic heterocycles. The zero-order valence-electron chi connectivity index (χ0n) is 14.1. The maximum Gasteiger partial charge on any atom is 0.244 e. The van der Waals surface area contributed by atoms with E-state index in [1.807, 2.05) is 30.3 Å². The Morgan fingerprint density at radius 3 is 2.56 bits per heavy atom. The van der Waals surface area contributed by atoms with Crippen LogP contribution in [0.4, 0.5) is 0 Å². The van der Waals surface area contributed by atoms with Crippen molar-refractivity contribution in [1.29, 1.82) is 0 Å². The van der Waals surface area contributed by atoms with Gasteiger partial charge >= 0.3 is 0 Å². The molecule has 3 aromatic rings. The van der Waals surface area contributed by atoms with Gasteiger partial charge in [0, 0.05) is 6.20 Å². The second-order valence-corrected chi connectivity index (χ2v) is 8.57. The first-order valence-corrected chi connectivity index (χ1v) is 9.73. The minimum atomic E-state index is -3.61.